The van der Waals surface area contributed by atoms with Crippen molar-refractivity contribution in [2.24, 2.45) is 0 Å². The summed E-state index contributed by atoms with van der Waals surface area (Å²) in [4.78, 5) is 2.07. The van der Waals surface area contributed by atoms with Crippen LogP contribution in [0.2, 0.25) is 5.02 Å². The van der Waals surface area contributed by atoms with Crippen molar-refractivity contribution in [3.05, 3.63) is 71.0 Å². The molecule has 0 bridgehead atoms. The van der Waals surface area contributed by atoms with E-state index >= 15 is 0 Å². The predicted octanol–water partition coefficient (Wildman–Crippen LogP) is 3.72. The highest BCUT2D eigenvalue weighted by Gasteiger charge is 2.19. The van der Waals surface area contributed by atoms with Crippen LogP contribution >= 0.6 is 11.6 Å². The van der Waals surface area contributed by atoms with Gasteiger partial charge >= 0.3 is 0 Å². The van der Waals surface area contributed by atoms with Gasteiger partial charge < -0.3 is 14.4 Å². The van der Waals surface area contributed by atoms with Gasteiger partial charge in [-0.1, -0.05) is 17.7 Å². The number of methoxy groups -OCH3 is 2. The second-order valence-electron chi connectivity index (χ2n) is 5.57. The predicted molar refractivity (Wildman–Crippen MR) is 95.5 cm³/mol. The normalized spacial score (nSPS) is 14.0. The third-order valence-electron chi connectivity index (χ3n) is 3.83. The van der Waals surface area contributed by atoms with E-state index in [1.807, 2.05) is 29.4 Å². The van der Waals surface area contributed by atoms with Crippen molar-refractivity contribution in [1.29, 1.82) is 0 Å². The molecular formula is C18H19ClFN3O2. The molecule has 2 aromatic carbocycles. The van der Waals surface area contributed by atoms with Crippen LogP contribution in [0.25, 0.3) is 0 Å². The summed E-state index contributed by atoms with van der Waals surface area (Å²) >= 11 is 6.08. The molecule has 0 saturated carbocycles. The molecule has 0 atom stereocenters. The Kier molecular flexibility index (Phi) is 5.19. The molecule has 132 valence electrons. The molecule has 1 aliphatic rings. The molecule has 0 spiro atoms. The van der Waals surface area contributed by atoms with Crippen molar-refractivity contribution in [2.75, 3.05) is 25.9 Å². The maximum absolute atomic E-state index is 13.2. The first-order valence-corrected chi connectivity index (χ1v) is 8.09. The molecule has 0 saturated heterocycles. The highest BCUT2D eigenvalue weighted by Crippen LogP contribution is 2.26. The van der Waals surface area contributed by atoms with Gasteiger partial charge in [0.2, 0.25) is 5.88 Å². The largest absolute Gasteiger partial charge is 0.495 e. The van der Waals surface area contributed by atoms with Crippen LogP contribution in [0.3, 0.4) is 0 Å². The van der Waals surface area contributed by atoms with Crippen LogP contribution in [-0.4, -0.2) is 25.8 Å². The molecule has 1 heterocycles. The fourth-order valence-corrected chi connectivity index (χ4v) is 2.78. The minimum absolute atomic E-state index is 0.270. The Labute approximate surface area is 151 Å². The highest BCUT2D eigenvalue weighted by atomic mass is 35.5. The molecule has 25 heavy (non-hydrogen) atoms. The van der Waals surface area contributed by atoms with Gasteiger partial charge in [-0.25, -0.2) is 4.39 Å². The van der Waals surface area contributed by atoms with Crippen molar-refractivity contribution in [3.63, 3.8) is 0 Å². The molecule has 2 aromatic rings. The van der Waals surface area contributed by atoms with Gasteiger partial charge in [0.1, 0.15) is 18.2 Å². The number of ether oxygens (including phenoxy) is 2. The molecule has 0 amide bonds. The summed E-state index contributed by atoms with van der Waals surface area (Å²) in [5, 5.41) is 2.46. The maximum atomic E-state index is 13.2. The standard InChI is InChI=1S/C18H19ClFN3O2/c1-24-17-9-13(3-8-16(17)19)10-22-11-18(25-2)21-23(12-22)15-6-4-14(20)5-7-15/h3-9,11,21H,10,12H2,1-2H3. The molecule has 0 fully saturated rings. The quantitative estimate of drug-likeness (QED) is 0.876. The number of nitrogens with one attached hydrogen (secondary N) is 1. The van der Waals surface area contributed by atoms with Crippen LogP contribution in [-0.2, 0) is 11.3 Å². The zero-order valence-corrected chi connectivity index (χ0v) is 14.8. The molecule has 1 N–H and O–H groups in total. The average molecular weight is 364 g/mol. The second-order valence-corrected chi connectivity index (χ2v) is 5.98. The third kappa shape index (κ3) is 4.09. The SMILES string of the molecule is COC1=CN(Cc2ccc(Cl)c(OC)c2)CN(c2ccc(F)cc2)N1. The van der Waals surface area contributed by atoms with E-state index in [0.29, 0.717) is 29.9 Å². The lowest BCUT2D eigenvalue weighted by molar-refractivity contribution is 0.207. The van der Waals surface area contributed by atoms with Crippen molar-refractivity contribution in [2.45, 2.75) is 6.54 Å². The van der Waals surface area contributed by atoms with Gasteiger partial charge in [0.25, 0.3) is 0 Å². The van der Waals surface area contributed by atoms with E-state index in [-0.39, 0.29) is 5.82 Å². The van der Waals surface area contributed by atoms with Gasteiger partial charge in [-0.15, -0.1) is 0 Å². The van der Waals surface area contributed by atoms with Gasteiger partial charge in [0.15, 0.2) is 0 Å². The molecule has 5 nitrogen and oxygen atoms in total. The van der Waals surface area contributed by atoms with Crippen molar-refractivity contribution >= 4 is 17.3 Å². The smallest absolute Gasteiger partial charge is 0.222 e. The van der Waals surface area contributed by atoms with Gasteiger partial charge in [-0.3, -0.25) is 10.4 Å². The summed E-state index contributed by atoms with van der Waals surface area (Å²) in [6.45, 7) is 1.20. The molecule has 1 aliphatic heterocycles. The number of nitrogens with zero attached hydrogens (tertiary/aromatic N) is 2. The Morgan fingerprint density at radius 1 is 1.12 bits per heavy atom. The van der Waals surface area contributed by atoms with E-state index < -0.39 is 0 Å². The lowest BCUT2D eigenvalue weighted by Gasteiger charge is -2.37. The summed E-state index contributed by atoms with van der Waals surface area (Å²) in [5.74, 6) is 0.963. The number of hydrazine groups is 1. The Hall–Kier alpha value is -2.60. The topological polar surface area (TPSA) is 37.0 Å². The van der Waals surface area contributed by atoms with E-state index in [1.54, 1.807) is 26.4 Å². The Morgan fingerprint density at radius 2 is 1.88 bits per heavy atom. The van der Waals surface area contributed by atoms with E-state index in [4.69, 9.17) is 21.1 Å². The lowest BCUT2D eigenvalue weighted by atomic mass is 10.2. The first-order valence-electron chi connectivity index (χ1n) is 7.71. The number of hydrogen-bond donors (Lipinski definition) is 1. The van der Waals surface area contributed by atoms with Gasteiger partial charge in [-0.05, 0) is 42.0 Å². The number of benzene rings is 2. The van der Waals surface area contributed by atoms with E-state index in [9.17, 15) is 4.39 Å². The lowest BCUT2D eigenvalue weighted by Crippen LogP contribution is -2.48. The number of anilines is 1. The van der Waals surface area contributed by atoms with E-state index in [0.717, 1.165) is 11.3 Å². The first-order chi connectivity index (χ1) is 12.1. The minimum Gasteiger partial charge on any atom is -0.495 e. The summed E-state index contributed by atoms with van der Waals surface area (Å²) < 4.78 is 23.8. The number of halogens is 2. The van der Waals surface area contributed by atoms with E-state index in [1.165, 1.54) is 12.1 Å². The zero-order chi connectivity index (χ0) is 17.8. The molecule has 7 heteroatoms. The van der Waals surface area contributed by atoms with Crippen molar-refractivity contribution in [3.8, 4) is 5.75 Å². The Morgan fingerprint density at radius 3 is 2.56 bits per heavy atom. The molecular weight excluding hydrogens is 345 g/mol. The van der Waals surface area contributed by atoms with Gasteiger partial charge in [0, 0.05) is 6.54 Å². The van der Waals surface area contributed by atoms with Crippen molar-refractivity contribution < 1.29 is 13.9 Å². The summed E-state index contributed by atoms with van der Waals surface area (Å²) in [6.07, 6.45) is 1.89. The monoisotopic (exact) mass is 363 g/mol. The fourth-order valence-electron chi connectivity index (χ4n) is 2.58. The minimum atomic E-state index is -0.270. The fraction of sp³-hybridized carbons (Fsp3) is 0.222. The third-order valence-corrected chi connectivity index (χ3v) is 4.14. The number of rotatable bonds is 5. The summed E-state index contributed by atoms with van der Waals surface area (Å²) in [6, 6.07) is 12.0. The Bertz CT molecular complexity index is 767. The van der Waals surface area contributed by atoms with Gasteiger partial charge in [-0.2, -0.15) is 0 Å². The highest BCUT2D eigenvalue weighted by molar-refractivity contribution is 6.32. The molecule has 0 aromatic heterocycles. The van der Waals surface area contributed by atoms with Crippen LogP contribution in [0.1, 0.15) is 5.56 Å². The average Bonchev–Trinajstić information content (AvgIpc) is 2.63. The van der Waals surface area contributed by atoms with Crippen LogP contribution in [0.5, 0.6) is 5.75 Å². The summed E-state index contributed by atoms with van der Waals surface area (Å²) in [7, 11) is 3.19. The zero-order valence-electron chi connectivity index (χ0n) is 14.0. The summed E-state index contributed by atoms with van der Waals surface area (Å²) in [5.41, 5.74) is 5.03. The van der Waals surface area contributed by atoms with Crippen LogP contribution in [0.4, 0.5) is 10.1 Å². The second kappa shape index (κ2) is 7.53. The van der Waals surface area contributed by atoms with Crippen LogP contribution in [0.15, 0.2) is 54.5 Å². The molecule has 0 aliphatic carbocycles. The van der Waals surface area contributed by atoms with Gasteiger partial charge in [0.05, 0.1) is 31.1 Å². The van der Waals surface area contributed by atoms with Crippen molar-refractivity contribution in [1.82, 2.24) is 10.3 Å². The van der Waals surface area contributed by atoms with Crippen LogP contribution in [0, 0.1) is 5.82 Å². The number of hydrogen-bond acceptors (Lipinski definition) is 5. The van der Waals surface area contributed by atoms with E-state index in [2.05, 4.69) is 10.3 Å². The van der Waals surface area contributed by atoms with Crippen LogP contribution < -0.4 is 15.2 Å². The molecule has 0 unspecified atom stereocenters. The Balaban J connectivity index is 1.79. The molecule has 3 rings (SSSR count). The first kappa shape index (κ1) is 17.2. The molecule has 0 radical (unpaired) electrons. The maximum Gasteiger partial charge on any atom is 0.222 e.